The van der Waals surface area contributed by atoms with Crippen LogP contribution in [-0.2, 0) is 6.54 Å². The van der Waals surface area contributed by atoms with Crippen LogP contribution >= 0.6 is 0 Å². The Kier molecular flexibility index (Phi) is 4.91. The summed E-state index contributed by atoms with van der Waals surface area (Å²) >= 11 is 0. The summed E-state index contributed by atoms with van der Waals surface area (Å²) in [6, 6.07) is 10.1. The molecule has 0 atom stereocenters. The number of benzene rings is 1. The van der Waals surface area contributed by atoms with Crippen molar-refractivity contribution in [2.24, 2.45) is 0 Å². The molecule has 0 unspecified atom stereocenters. The van der Waals surface area contributed by atoms with Gasteiger partial charge in [-0.1, -0.05) is 30.0 Å². The average Bonchev–Trinajstić information content (AvgIpc) is 2.51. The van der Waals surface area contributed by atoms with Crippen molar-refractivity contribution in [3.8, 4) is 11.8 Å². The molecule has 0 bridgehead atoms. The molecule has 1 amide bonds. The van der Waals surface area contributed by atoms with E-state index in [9.17, 15) is 9.59 Å². The van der Waals surface area contributed by atoms with E-state index in [2.05, 4.69) is 22.1 Å². The van der Waals surface area contributed by atoms with E-state index in [-0.39, 0.29) is 18.1 Å². The maximum atomic E-state index is 12.0. The number of rotatable bonds is 3. The van der Waals surface area contributed by atoms with E-state index >= 15 is 0 Å². The first kappa shape index (κ1) is 14.6. The zero-order chi connectivity index (χ0) is 15.1. The predicted octanol–water partition coefficient (Wildman–Crippen LogP) is 0.649. The lowest BCUT2D eigenvalue weighted by molar-refractivity contribution is 0.0950. The first-order valence-electron chi connectivity index (χ1n) is 6.35. The van der Waals surface area contributed by atoms with Gasteiger partial charge in [0, 0.05) is 29.9 Å². The standard InChI is InChI=1S/C16H14N2O3/c19-9-3-6-12-4-1-2-5-14(12)11-18-16(21)13-7-8-17-15(20)10-13/h1-2,4-5,7-8,10,19H,9,11H2,(H,17,20)(H,18,21). The second-order valence-corrected chi connectivity index (χ2v) is 4.24. The van der Waals surface area contributed by atoms with Crippen LogP contribution in [0.3, 0.4) is 0 Å². The highest BCUT2D eigenvalue weighted by molar-refractivity contribution is 5.93. The zero-order valence-electron chi connectivity index (χ0n) is 11.2. The van der Waals surface area contributed by atoms with E-state index in [0.29, 0.717) is 12.1 Å². The molecule has 5 heteroatoms. The van der Waals surface area contributed by atoms with Crippen LogP contribution in [-0.4, -0.2) is 22.6 Å². The Bertz CT molecular complexity index is 754. The van der Waals surface area contributed by atoms with Crippen molar-refractivity contribution < 1.29 is 9.90 Å². The maximum absolute atomic E-state index is 12.0. The number of H-pyrrole nitrogens is 1. The van der Waals surface area contributed by atoms with Crippen molar-refractivity contribution in [2.75, 3.05) is 6.61 Å². The second-order valence-electron chi connectivity index (χ2n) is 4.24. The number of carbonyl (C=O) groups is 1. The summed E-state index contributed by atoms with van der Waals surface area (Å²) < 4.78 is 0. The highest BCUT2D eigenvalue weighted by Crippen LogP contribution is 2.07. The Hall–Kier alpha value is -2.84. The van der Waals surface area contributed by atoms with Crippen LogP contribution in [0, 0.1) is 11.8 Å². The number of hydrogen-bond donors (Lipinski definition) is 3. The molecule has 0 radical (unpaired) electrons. The van der Waals surface area contributed by atoms with Gasteiger partial charge in [-0.15, -0.1) is 0 Å². The Labute approximate surface area is 121 Å². The van der Waals surface area contributed by atoms with Crippen LogP contribution in [0.25, 0.3) is 0 Å². The third-order valence-corrected chi connectivity index (χ3v) is 2.80. The van der Waals surface area contributed by atoms with Crippen LogP contribution in [0.5, 0.6) is 0 Å². The topological polar surface area (TPSA) is 82.2 Å². The van der Waals surface area contributed by atoms with Crippen LogP contribution in [0.2, 0.25) is 0 Å². The number of carbonyl (C=O) groups excluding carboxylic acids is 1. The number of aromatic amines is 1. The fraction of sp³-hybridized carbons (Fsp3) is 0.125. The molecule has 1 aromatic heterocycles. The van der Waals surface area contributed by atoms with Crippen molar-refractivity contribution >= 4 is 5.91 Å². The second kappa shape index (κ2) is 7.08. The minimum Gasteiger partial charge on any atom is -0.384 e. The van der Waals surface area contributed by atoms with Crippen LogP contribution in [0.15, 0.2) is 47.4 Å². The largest absolute Gasteiger partial charge is 0.384 e. The zero-order valence-corrected chi connectivity index (χ0v) is 11.2. The van der Waals surface area contributed by atoms with Gasteiger partial charge in [-0.05, 0) is 17.7 Å². The normalized spacial score (nSPS) is 9.57. The number of aromatic nitrogens is 1. The van der Waals surface area contributed by atoms with Crippen molar-refractivity contribution in [2.45, 2.75) is 6.54 Å². The van der Waals surface area contributed by atoms with E-state index < -0.39 is 0 Å². The maximum Gasteiger partial charge on any atom is 0.251 e. The van der Waals surface area contributed by atoms with Crippen LogP contribution in [0.1, 0.15) is 21.5 Å². The molecule has 0 spiro atoms. The molecule has 0 aliphatic carbocycles. The summed E-state index contributed by atoms with van der Waals surface area (Å²) in [7, 11) is 0. The monoisotopic (exact) mass is 282 g/mol. The predicted molar refractivity (Wildman–Crippen MR) is 78.6 cm³/mol. The molecule has 0 aliphatic heterocycles. The third-order valence-electron chi connectivity index (χ3n) is 2.80. The van der Waals surface area contributed by atoms with E-state index in [1.807, 2.05) is 24.3 Å². The molecule has 2 aromatic rings. The van der Waals surface area contributed by atoms with Gasteiger partial charge < -0.3 is 15.4 Å². The minimum absolute atomic E-state index is 0.215. The van der Waals surface area contributed by atoms with Gasteiger partial charge in [0.2, 0.25) is 5.56 Å². The van der Waals surface area contributed by atoms with Crippen molar-refractivity contribution in [3.05, 3.63) is 69.6 Å². The Morgan fingerprint density at radius 3 is 2.86 bits per heavy atom. The molecule has 1 aromatic carbocycles. The highest BCUT2D eigenvalue weighted by atomic mass is 16.2. The lowest BCUT2D eigenvalue weighted by Crippen LogP contribution is -2.24. The average molecular weight is 282 g/mol. The molecule has 21 heavy (non-hydrogen) atoms. The highest BCUT2D eigenvalue weighted by Gasteiger charge is 2.06. The molecular weight excluding hydrogens is 268 g/mol. The Morgan fingerprint density at radius 2 is 2.10 bits per heavy atom. The quantitative estimate of drug-likeness (QED) is 0.723. The molecule has 0 saturated carbocycles. The van der Waals surface area contributed by atoms with E-state index in [1.165, 1.54) is 18.3 Å². The molecule has 0 aliphatic rings. The van der Waals surface area contributed by atoms with Crippen LogP contribution in [0.4, 0.5) is 0 Å². The van der Waals surface area contributed by atoms with Gasteiger partial charge in [-0.25, -0.2) is 0 Å². The molecule has 3 N–H and O–H groups in total. The SMILES string of the molecule is O=C(NCc1ccccc1C#CCO)c1cc[nH]c(=O)c1. The molecule has 0 saturated heterocycles. The first-order chi connectivity index (χ1) is 10.2. The molecule has 1 heterocycles. The van der Waals surface area contributed by atoms with Gasteiger partial charge in [0.1, 0.15) is 6.61 Å². The summed E-state index contributed by atoms with van der Waals surface area (Å²) in [4.78, 5) is 25.6. The number of pyridine rings is 1. The lowest BCUT2D eigenvalue weighted by Gasteiger charge is -2.07. The van der Waals surface area contributed by atoms with Gasteiger partial charge in [-0.2, -0.15) is 0 Å². The molecule has 0 fully saturated rings. The molecule has 106 valence electrons. The smallest absolute Gasteiger partial charge is 0.251 e. The summed E-state index contributed by atoms with van der Waals surface area (Å²) in [5.74, 6) is 5.08. The fourth-order valence-corrected chi connectivity index (χ4v) is 1.79. The van der Waals surface area contributed by atoms with Crippen LogP contribution < -0.4 is 10.9 Å². The number of nitrogens with one attached hydrogen (secondary N) is 2. The number of amides is 1. The van der Waals surface area contributed by atoms with Gasteiger partial charge >= 0.3 is 0 Å². The lowest BCUT2D eigenvalue weighted by atomic mass is 10.1. The summed E-state index contributed by atoms with van der Waals surface area (Å²) in [5.41, 5.74) is 1.57. The molecule has 5 nitrogen and oxygen atoms in total. The van der Waals surface area contributed by atoms with Crippen molar-refractivity contribution in [1.29, 1.82) is 0 Å². The number of hydrogen-bond acceptors (Lipinski definition) is 3. The fourth-order valence-electron chi connectivity index (χ4n) is 1.79. The van der Waals surface area contributed by atoms with E-state index in [1.54, 1.807) is 0 Å². The van der Waals surface area contributed by atoms with Gasteiger partial charge in [-0.3, -0.25) is 9.59 Å². The Morgan fingerprint density at radius 1 is 1.29 bits per heavy atom. The third kappa shape index (κ3) is 4.06. The van der Waals surface area contributed by atoms with E-state index in [4.69, 9.17) is 5.11 Å². The minimum atomic E-state index is -0.328. The van der Waals surface area contributed by atoms with Crippen molar-refractivity contribution in [1.82, 2.24) is 10.3 Å². The van der Waals surface area contributed by atoms with Gasteiger partial charge in [0.25, 0.3) is 5.91 Å². The summed E-state index contributed by atoms with van der Waals surface area (Å²) in [6.45, 7) is 0.0788. The summed E-state index contributed by atoms with van der Waals surface area (Å²) in [6.07, 6.45) is 1.43. The first-order valence-corrected chi connectivity index (χ1v) is 6.35. The number of aliphatic hydroxyl groups excluding tert-OH is 1. The van der Waals surface area contributed by atoms with Gasteiger partial charge in [0.15, 0.2) is 0 Å². The van der Waals surface area contributed by atoms with Gasteiger partial charge in [0.05, 0.1) is 0 Å². The summed E-state index contributed by atoms with van der Waals surface area (Å²) in [5, 5.41) is 11.5. The molecular formula is C16H14N2O3. The molecule has 2 rings (SSSR count). The van der Waals surface area contributed by atoms with Crippen molar-refractivity contribution in [3.63, 3.8) is 0 Å². The number of aliphatic hydroxyl groups is 1. The Balaban J connectivity index is 2.10. The van der Waals surface area contributed by atoms with E-state index in [0.717, 1.165) is 11.1 Å².